The standard InChI is InChI=1S/C21H25.C5H5.C2H6Si.2ClH.Zr/c1-20(2,3)16-9-7-14-11-15-8-10-17(21(4,5)6)13-19(15)18(14)12-16;1-2-4-5-3-1;1-3-2;;;/h7,9-10,12-13H,11H2,1-6H3;1-3H,4H2;1-2H3;2*1H;/q;;;;;+2/p-2. The van der Waals surface area contributed by atoms with E-state index in [-0.39, 0.29) is 41.1 Å². The van der Waals surface area contributed by atoms with Crippen molar-refractivity contribution >= 4 is 8.70 Å². The third kappa shape index (κ3) is 5.30. The topological polar surface area (TPSA) is 0 Å². The summed E-state index contributed by atoms with van der Waals surface area (Å²) in [6.45, 7) is 19.3. The molecule has 0 amide bonds. The zero-order valence-electron chi connectivity index (χ0n) is 20.8. The van der Waals surface area contributed by atoms with Gasteiger partial charge >= 0.3 is 193 Å². The molecule has 0 saturated carbocycles. The molecular weight excluding hydrogens is 527 g/mol. The average Bonchev–Trinajstić information content (AvgIpc) is 3.27. The van der Waals surface area contributed by atoms with Gasteiger partial charge in [-0.15, -0.1) is 0 Å². The summed E-state index contributed by atoms with van der Waals surface area (Å²) in [4.78, 5) is 0. The second kappa shape index (κ2) is 10.1. The molecular formula is C28H36Cl2SiZr. The van der Waals surface area contributed by atoms with Crippen LogP contribution in [-0.2, 0) is 37.6 Å². The summed E-state index contributed by atoms with van der Waals surface area (Å²) in [5, 5.41) is 0. The van der Waals surface area contributed by atoms with Crippen molar-refractivity contribution in [2.24, 2.45) is 0 Å². The molecule has 0 unspecified atom stereocenters. The zero-order chi connectivity index (χ0) is 21.8. The summed E-state index contributed by atoms with van der Waals surface area (Å²) in [5.74, 6) is 0. The van der Waals surface area contributed by atoms with E-state index in [0.717, 1.165) is 6.42 Å². The van der Waals surface area contributed by atoms with Gasteiger partial charge in [0.15, 0.2) is 0 Å². The van der Waals surface area contributed by atoms with Crippen molar-refractivity contribution in [1.82, 2.24) is 0 Å². The summed E-state index contributed by atoms with van der Waals surface area (Å²) >= 11 is -1.86. The van der Waals surface area contributed by atoms with Gasteiger partial charge in [-0.25, -0.2) is 0 Å². The van der Waals surface area contributed by atoms with Crippen molar-refractivity contribution in [2.45, 2.75) is 78.3 Å². The molecule has 0 N–H and O–H groups in total. The van der Waals surface area contributed by atoms with E-state index in [1.165, 1.54) is 28.7 Å². The van der Waals surface area contributed by atoms with E-state index in [4.69, 9.17) is 0 Å². The molecule has 0 atom stereocenters. The van der Waals surface area contributed by atoms with Crippen LogP contribution < -0.4 is 28.1 Å². The Morgan fingerprint density at radius 3 is 1.97 bits per heavy atom. The van der Waals surface area contributed by atoms with Crippen LogP contribution in [0.4, 0.5) is 0 Å². The molecule has 4 heteroatoms. The number of allylic oxidation sites excluding steroid dienone is 4. The minimum atomic E-state index is -1.86. The van der Waals surface area contributed by atoms with Gasteiger partial charge in [-0.2, -0.15) is 0 Å². The van der Waals surface area contributed by atoms with Crippen LogP contribution >= 0.6 is 0 Å². The van der Waals surface area contributed by atoms with E-state index in [9.17, 15) is 0 Å². The second-order valence-corrected chi connectivity index (χ2v) is 28.4. The van der Waals surface area contributed by atoms with Gasteiger partial charge in [0.25, 0.3) is 0 Å². The third-order valence-electron chi connectivity index (χ3n) is 6.61. The van der Waals surface area contributed by atoms with Crippen LogP contribution in [0.5, 0.6) is 0 Å². The molecule has 0 saturated heterocycles. The summed E-state index contributed by atoms with van der Waals surface area (Å²) in [7, 11) is 0. The van der Waals surface area contributed by atoms with Crippen LogP contribution in [0.3, 0.4) is 0 Å². The summed E-state index contributed by atoms with van der Waals surface area (Å²) in [6.07, 6.45) is 9.50. The largest absolute Gasteiger partial charge is 1.00 e. The maximum atomic E-state index is 2.65. The molecule has 0 fully saturated rings. The zero-order valence-corrected chi connectivity index (χ0v) is 25.8. The van der Waals surface area contributed by atoms with E-state index >= 15 is 0 Å². The molecule has 0 aromatic heterocycles. The summed E-state index contributed by atoms with van der Waals surface area (Å²) in [5.41, 5.74) is 9.29. The molecule has 32 heavy (non-hydrogen) atoms. The summed E-state index contributed by atoms with van der Waals surface area (Å²) < 4.78 is 3.62. The molecule has 4 rings (SSSR count). The van der Waals surface area contributed by atoms with Crippen molar-refractivity contribution in [3.05, 3.63) is 74.1 Å². The van der Waals surface area contributed by atoms with Gasteiger partial charge in [0.1, 0.15) is 0 Å². The van der Waals surface area contributed by atoms with E-state index in [1.807, 2.05) is 6.55 Å². The Kier molecular flexibility index (Phi) is 8.76. The fraction of sp³-hybridized carbons (Fsp3) is 0.429. The van der Waals surface area contributed by atoms with Crippen LogP contribution in [0.2, 0.25) is 13.1 Å². The Morgan fingerprint density at radius 1 is 0.812 bits per heavy atom. The SMILES string of the molecule is C[Si](C)=[Zr+2]([C]1=CC=CC1)[c]1cc(C(C)(C)C)cc2c1Cc1ccc(C(C)(C)C)cc1-2.[Cl-].[Cl-]. The molecule has 2 aromatic carbocycles. The van der Waals surface area contributed by atoms with Crippen LogP contribution in [0.25, 0.3) is 11.1 Å². The Bertz CT molecular complexity index is 1120. The van der Waals surface area contributed by atoms with Crippen LogP contribution in [0.1, 0.15) is 70.2 Å². The van der Waals surface area contributed by atoms with Gasteiger partial charge < -0.3 is 24.8 Å². The number of halogens is 2. The van der Waals surface area contributed by atoms with E-state index in [0.29, 0.717) is 0 Å². The molecule has 0 bridgehead atoms. The smallest absolute Gasteiger partial charge is 1.00 e. The van der Waals surface area contributed by atoms with Crippen molar-refractivity contribution in [2.75, 3.05) is 0 Å². The first kappa shape index (κ1) is 27.8. The fourth-order valence-corrected chi connectivity index (χ4v) is 21.4. The normalized spacial score (nSPS) is 13.9. The minimum Gasteiger partial charge on any atom is -1.00 e. The fourth-order valence-electron chi connectivity index (χ4n) is 4.79. The molecule has 0 heterocycles. The molecule has 0 aliphatic heterocycles. The Labute approximate surface area is 216 Å². The first-order valence-electron chi connectivity index (χ1n) is 11.3. The minimum absolute atomic E-state index is 0. The van der Waals surface area contributed by atoms with Gasteiger partial charge in [0.2, 0.25) is 0 Å². The Morgan fingerprint density at radius 2 is 1.44 bits per heavy atom. The average molecular weight is 563 g/mol. The van der Waals surface area contributed by atoms with Gasteiger partial charge in [-0.05, 0) is 0 Å². The molecule has 2 aliphatic carbocycles. The molecule has 2 aromatic rings. The van der Waals surface area contributed by atoms with Gasteiger partial charge in [-0.1, -0.05) is 0 Å². The number of fused-ring (bicyclic) bond motifs is 3. The predicted octanol–water partition coefficient (Wildman–Crippen LogP) is 1.20. The molecule has 2 aliphatic rings. The maximum absolute atomic E-state index is 2.65. The summed E-state index contributed by atoms with van der Waals surface area (Å²) in [6, 6.07) is 12.5. The number of rotatable bonds is 2. The monoisotopic (exact) mass is 560 g/mol. The molecule has 0 radical (unpaired) electrons. The van der Waals surface area contributed by atoms with Crippen LogP contribution in [0.15, 0.2) is 51.8 Å². The van der Waals surface area contributed by atoms with Crippen LogP contribution in [-0.4, -0.2) is 5.43 Å². The number of hydrogen-bond donors (Lipinski definition) is 0. The van der Waals surface area contributed by atoms with Gasteiger partial charge in [0.05, 0.1) is 0 Å². The molecule has 0 nitrogen and oxygen atoms in total. The van der Waals surface area contributed by atoms with Crippen molar-refractivity contribution in [3.8, 4) is 11.1 Å². The van der Waals surface area contributed by atoms with Gasteiger partial charge in [0, 0.05) is 0 Å². The first-order valence-corrected chi connectivity index (χ1v) is 20.0. The van der Waals surface area contributed by atoms with E-state index in [1.54, 1.807) is 11.1 Å². The number of hydrogen-bond acceptors (Lipinski definition) is 0. The van der Waals surface area contributed by atoms with Gasteiger partial charge in [-0.3, -0.25) is 0 Å². The van der Waals surface area contributed by atoms with Crippen LogP contribution in [0, 0.1) is 0 Å². The molecule has 170 valence electrons. The number of benzene rings is 2. The Hall–Kier alpha value is -0.400. The predicted molar refractivity (Wildman–Crippen MR) is 131 cm³/mol. The second-order valence-electron chi connectivity index (χ2n) is 11.3. The third-order valence-corrected chi connectivity index (χ3v) is 23.4. The van der Waals surface area contributed by atoms with Crippen molar-refractivity contribution in [3.63, 3.8) is 0 Å². The first-order chi connectivity index (χ1) is 14.0. The molecule has 0 spiro atoms. The maximum Gasteiger partial charge on any atom is -1.00 e. The van der Waals surface area contributed by atoms with E-state index in [2.05, 4.69) is 103 Å². The van der Waals surface area contributed by atoms with Crippen molar-refractivity contribution in [1.29, 1.82) is 0 Å². The Balaban J connectivity index is 0.00000181. The quantitative estimate of drug-likeness (QED) is 0.412. The van der Waals surface area contributed by atoms with E-state index < -0.39 is 20.4 Å². The van der Waals surface area contributed by atoms with Crippen molar-refractivity contribution < 1.29 is 45.2 Å².